The molecule has 0 atom stereocenters. The van der Waals surface area contributed by atoms with Crippen molar-refractivity contribution in [3.05, 3.63) is 23.8 Å². The number of likely N-dealkylation sites (N-methyl/N-ethyl adjacent to an activating group) is 1. The number of benzene rings is 1. The number of nitrogens with zero attached hydrogens (tertiary/aromatic N) is 3. The molecule has 0 saturated carbocycles. The van der Waals surface area contributed by atoms with Gasteiger partial charge in [0.2, 0.25) is 11.8 Å². The standard InChI is InChI=1S/C23H40N4O2/c1-17(2)14-21(28)24-19-10-11-20(26(8)9)18(15-19)16-27(13-12-25(6)7)22(29)23(3,4)5/h10-11,15,17H,12-14,16H2,1-9H3,(H,24,28). The molecule has 6 heteroatoms. The lowest BCUT2D eigenvalue weighted by Gasteiger charge is -2.32. The van der Waals surface area contributed by atoms with E-state index in [1.807, 2.05) is 90.8 Å². The van der Waals surface area contributed by atoms with Crippen LogP contribution in [-0.2, 0) is 16.1 Å². The second-order valence-corrected chi connectivity index (χ2v) is 9.66. The van der Waals surface area contributed by atoms with Crippen molar-refractivity contribution in [3.8, 4) is 0 Å². The van der Waals surface area contributed by atoms with E-state index in [-0.39, 0.29) is 11.8 Å². The highest BCUT2D eigenvalue weighted by Gasteiger charge is 2.28. The lowest BCUT2D eigenvalue weighted by atomic mass is 9.94. The molecule has 164 valence electrons. The van der Waals surface area contributed by atoms with Crippen molar-refractivity contribution in [2.24, 2.45) is 11.3 Å². The summed E-state index contributed by atoms with van der Waals surface area (Å²) >= 11 is 0. The number of nitrogens with one attached hydrogen (secondary N) is 1. The Morgan fingerprint density at radius 3 is 2.14 bits per heavy atom. The quantitative estimate of drug-likeness (QED) is 0.682. The average Bonchev–Trinajstić information content (AvgIpc) is 2.56. The van der Waals surface area contributed by atoms with Crippen LogP contribution in [0.3, 0.4) is 0 Å². The van der Waals surface area contributed by atoms with Crippen LogP contribution in [0.15, 0.2) is 18.2 Å². The van der Waals surface area contributed by atoms with Crippen LogP contribution in [0.2, 0.25) is 0 Å². The monoisotopic (exact) mass is 404 g/mol. The summed E-state index contributed by atoms with van der Waals surface area (Å²) in [6.07, 6.45) is 0.488. The van der Waals surface area contributed by atoms with Gasteiger partial charge in [0.05, 0.1) is 0 Å². The van der Waals surface area contributed by atoms with Gasteiger partial charge in [-0.15, -0.1) is 0 Å². The van der Waals surface area contributed by atoms with E-state index in [0.29, 0.717) is 25.4 Å². The highest BCUT2D eigenvalue weighted by atomic mass is 16.2. The molecule has 0 aliphatic carbocycles. The Morgan fingerprint density at radius 1 is 1.03 bits per heavy atom. The minimum atomic E-state index is -0.451. The van der Waals surface area contributed by atoms with Crippen molar-refractivity contribution in [1.29, 1.82) is 0 Å². The van der Waals surface area contributed by atoms with Gasteiger partial charge in [0.1, 0.15) is 0 Å². The predicted molar refractivity (Wildman–Crippen MR) is 122 cm³/mol. The molecule has 0 heterocycles. The van der Waals surface area contributed by atoms with Crippen LogP contribution in [0.4, 0.5) is 11.4 Å². The molecule has 2 amide bonds. The van der Waals surface area contributed by atoms with Gasteiger partial charge in [-0.05, 0) is 43.8 Å². The molecule has 0 unspecified atom stereocenters. The van der Waals surface area contributed by atoms with E-state index in [9.17, 15) is 9.59 Å². The predicted octanol–water partition coefficient (Wildman–Crippen LogP) is 3.67. The molecule has 0 fully saturated rings. The Labute approximate surface area is 177 Å². The van der Waals surface area contributed by atoms with Crippen LogP contribution >= 0.6 is 0 Å². The molecule has 1 rings (SSSR count). The summed E-state index contributed by atoms with van der Waals surface area (Å²) in [5.41, 5.74) is 2.39. The lowest BCUT2D eigenvalue weighted by molar-refractivity contribution is -0.140. The first-order chi connectivity index (χ1) is 13.3. The first-order valence-electron chi connectivity index (χ1n) is 10.4. The van der Waals surface area contributed by atoms with Crippen molar-refractivity contribution < 1.29 is 9.59 Å². The maximum absolute atomic E-state index is 13.1. The van der Waals surface area contributed by atoms with E-state index < -0.39 is 5.41 Å². The van der Waals surface area contributed by atoms with Gasteiger partial charge in [-0.2, -0.15) is 0 Å². The maximum Gasteiger partial charge on any atom is 0.228 e. The fourth-order valence-corrected chi connectivity index (χ4v) is 3.06. The SMILES string of the molecule is CC(C)CC(=O)Nc1ccc(N(C)C)c(CN(CCN(C)C)C(=O)C(C)(C)C)c1. The largest absolute Gasteiger partial charge is 0.377 e. The third kappa shape index (κ3) is 8.44. The number of rotatable bonds is 9. The summed E-state index contributed by atoms with van der Waals surface area (Å²) in [5, 5.41) is 2.99. The molecule has 0 aliphatic rings. The zero-order valence-electron chi connectivity index (χ0n) is 19.8. The Morgan fingerprint density at radius 2 is 1.66 bits per heavy atom. The fourth-order valence-electron chi connectivity index (χ4n) is 3.06. The molecule has 0 aliphatic heterocycles. The molecule has 0 aromatic heterocycles. The van der Waals surface area contributed by atoms with Gasteiger partial charge in [-0.1, -0.05) is 34.6 Å². The Kier molecular flexibility index (Phi) is 9.14. The van der Waals surface area contributed by atoms with Crippen molar-refractivity contribution in [2.45, 2.75) is 47.6 Å². The second-order valence-electron chi connectivity index (χ2n) is 9.66. The summed E-state index contributed by atoms with van der Waals surface area (Å²) in [6, 6.07) is 5.92. The number of hydrogen-bond donors (Lipinski definition) is 1. The Hall–Kier alpha value is -2.08. The topological polar surface area (TPSA) is 55.9 Å². The van der Waals surface area contributed by atoms with Gasteiger partial charge in [0.15, 0.2) is 0 Å². The molecule has 0 saturated heterocycles. The van der Waals surface area contributed by atoms with Crippen LogP contribution in [0.1, 0.15) is 46.6 Å². The molecule has 1 aromatic rings. The Balaban J connectivity index is 3.18. The molecular formula is C23H40N4O2. The number of hydrogen-bond acceptors (Lipinski definition) is 4. The van der Waals surface area contributed by atoms with Crippen LogP contribution in [0.5, 0.6) is 0 Å². The van der Waals surface area contributed by atoms with Gasteiger partial charge in [0.25, 0.3) is 0 Å². The van der Waals surface area contributed by atoms with Gasteiger partial charge in [-0.25, -0.2) is 0 Å². The van der Waals surface area contributed by atoms with E-state index in [1.54, 1.807) is 0 Å². The van der Waals surface area contributed by atoms with E-state index in [2.05, 4.69) is 10.2 Å². The smallest absolute Gasteiger partial charge is 0.228 e. The van der Waals surface area contributed by atoms with Crippen molar-refractivity contribution in [2.75, 3.05) is 51.5 Å². The third-order valence-electron chi connectivity index (χ3n) is 4.55. The minimum Gasteiger partial charge on any atom is -0.377 e. The molecule has 6 nitrogen and oxygen atoms in total. The first kappa shape index (κ1) is 25.0. The minimum absolute atomic E-state index is 0.0128. The van der Waals surface area contributed by atoms with Crippen LogP contribution in [-0.4, -0.2) is 62.9 Å². The number of amides is 2. The molecule has 0 bridgehead atoms. The first-order valence-corrected chi connectivity index (χ1v) is 10.4. The molecular weight excluding hydrogens is 364 g/mol. The molecule has 0 radical (unpaired) electrons. The van der Waals surface area contributed by atoms with Crippen molar-refractivity contribution in [3.63, 3.8) is 0 Å². The molecule has 29 heavy (non-hydrogen) atoms. The van der Waals surface area contributed by atoms with Crippen molar-refractivity contribution >= 4 is 23.2 Å². The average molecular weight is 405 g/mol. The maximum atomic E-state index is 13.1. The Bertz CT molecular complexity index is 691. The van der Waals surface area contributed by atoms with E-state index in [0.717, 1.165) is 23.5 Å². The van der Waals surface area contributed by atoms with Crippen LogP contribution in [0, 0.1) is 11.3 Å². The van der Waals surface area contributed by atoms with Crippen LogP contribution in [0.25, 0.3) is 0 Å². The lowest BCUT2D eigenvalue weighted by Crippen LogP contribution is -2.42. The zero-order chi connectivity index (χ0) is 22.4. The third-order valence-corrected chi connectivity index (χ3v) is 4.55. The number of carbonyl (C=O) groups excluding carboxylic acids is 2. The van der Waals surface area contributed by atoms with Gasteiger partial charge < -0.3 is 20.0 Å². The normalized spacial score (nSPS) is 11.7. The molecule has 1 aromatic carbocycles. The van der Waals surface area contributed by atoms with Gasteiger partial charge in [0, 0.05) is 56.9 Å². The summed E-state index contributed by atoms with van der Waals surface area (Å²) < 4.78 is 0. The van der Waals surface area contributed by atoms with Crippen LogP contribution < -0.4 is 10.2 Å². The van der Waals surface area contributed by atoms with E-state index >= 15 is 0 Å². The fraction of sp³-hybridized carbons (Fsp3) is 0.652. The number of anilines is 2. The van der Waals surface area contributed by atoms with E-state index in [4.69, 9.17) is 0 Å². The van der Waals surface area contributed by atoms with Crippen molar-refractivity contribution in [1.82, 2.24) is 9.80 Å². The summed E-state index contributed by atoms with van der Waals surface area (Å²) in [5.74, 6) is 0.443. The molecule has 0 spiro atoms. The van der Waals surface area contributed by atoms with Gasteiger partial charge in [-0.3, -0.25) is 9.59 Å². The highest BCUT2D eigenvalue weighted by Crippen LogP contribution is 2.27. The molecule has 1 N–H and O–H groups in total. The zero-order valence-corrected chi connectivity index (χ0v) is 19.8. The summed E-state index contributed by atoms with van der Waals surface area (Å²) in [6.45, 7) is 11.9. The number of carbonyl (C=O) groups is 2. The van der Waals surface area contributed by atoms with E-state index in [1.165, 1.54) is 0 Å². The summed E-state index contributed by atoms with van der Waals surface area (Å²) in [7, 11) is 8.00. The summed E-state index contributed by atoms with van der Waals surface area (Å²) in [4.78, 5) is 31.3. The second kappa shape index (κ2) is 10.6. The van der Waals surface area contributed by atoms with Gasteiger partial charge >= 0.3 is 0 Å². The highest BCUT2D eigenvalue weighted by molar-refractivity contribution is 5.91.